The summed E-state index contributed by atoms with van der Waals surface area (Å²) >= 11 is 0. The molecule has 0 bridgehead atoms. The van der Waals surface area contributed by atoms with Gasteiger partial charge in [-0.15, -0.1) is 0 Å². The largest absolute Gasteiger partial charge is 0.343 e. The minimum atomic E-state index is -0.336. The van der Waals surface area contributed by atoms with Crippen LogP contribution in [0.25, 0.3) is 11.0 Å². The van der Waals surface area contributed by atoms with Crippen LogP contribution in [0.15, 0.2) is 12.5 Å². The first-order valence-electron chi connectivity index (χ1n) is 8.07. The molecule has 2 N–H and O–H groups in total. The summed E-state index contributed by atoms with van der Waals surface area (Å²) in [5, 5.41) is 3.88. The van der Waals surface area contributed by atoms with Crippen molar-refractivity contribution >= 4 is 16.9 Å². The Bertz CT molecular complexity index is 701. The average Bonchev–Trinajstić information content (AvgIpc) is 2.95. The monoisotopic (exact) mass is 319 g/mol. The Hall–Kier alpha value is -2.02. The molecule has 2 unspecified atom stereocenters. The topological polar surface area (TPSA) is 73.9 Å². The number of amides is 1. The second-order valence-electron chi connectivity index (χ2n) is 6.13. The van der Waals surface area contributed by atoms with E-state index in [9.17, 15) is 9.18 Å². The molecule has 0 aliphatic carbocycles. The van der Waals surface area contributed by atoms with Gasteiger partial charge in [-0.05, 0) is 12.3 Å². The number of carbonyl (C=O) groups excluding carboxylic acids is 1. The number of nitrogens with one attached hydrogen (secondary N) is 2. The van der Waals surface area contributed by atoms with Crippen LogP contribution in [-0.2, 0) is 11.3 Å². The molecule has 0 spiro atoms. The quantitative estimate of drug-likeness (QED) is 0.902. The predicted molar refractivity (Wildman–Crippen MR) is 85.1 cm³/mol. The smallest absolute Gasteiger partial charge is 0.222 e. The maximum atomic E-state index is 13.9. The van der Waals surface area contributed by atoms with E-state index in [1.165, 1.54) is 12.5 Å². The van der Waals surface area contributed by atoms with E-state index in [2.05, 4.69) is 27.2 Å². The maximum absolute atomic E-state index is 13.9. The second kappa shape index (κ2) is 6.62. The van der Waals surface area contributed by atoms with Gasteiger partial charge in [0.2, 0.25) is 5.91 Å². The van der Waals surface area contributed by atoms with Crippen LogP contribution < -0.4 is 5.32 Å². The molecule has 3 rings (SSSR count). The molecular weight excluding hydrogens is 297 g/mol. The number of H-pyrrole nitrogens is 1. The lowest BCUT2D eigenvalue weighted by molar-refractivity contribution is -0.132. The van der Waals surface area contributed by atoms with E-state index >= 15 is 0 Å². The van der Waals surface area contributed by atoms with Crippen LogP contribution >= 0.6 is 0 Å². The molecule has 2 aromatic heterocycles. The van der Waals surface area contributed by atoms with E-state index in [-0.39, 0.29) is 17.8 Å². The van der Waals surface area contributed by atoms with E-state index in [1.807, 2.05) is 11.8 Å². The molecule has 0 saturated carbocycles. The van der Waals surface area contributed by atoms with E-state index in [4.69, 9.17) is 0 Å². The van der Waals surface area contributed by atoms with Gasteiger partial charge in [0.05, 0.1) is 11.1 Å². The summed E-state index contributed by atoms with van der Waals surface area (Å²) < 4.78 is 13.9. The fourth-order valence-electron chi connectivity index (χ4n) is 3.13. The number of rotatable bonds is 4. The van der Waals surface area contributed by atoms with Crippen LogP contribution in [-0.4, -0.2) is 44.9 Å². The zero-order valence-electron chi connectivity index (χ0n) is 13.5. The Kier molecular flexibility index (Phi) is 4.56. The number of carbonyl (C=O) groups is 1. The van der Waals surface area contributed by atoms with Crippen molar-refractivity contribution in [2.75, 3.05) is 13.1 Å². The van der Waals surface area contributed by atoms with Crippen LogP contribution in [0, 0.1) is 11.7 Å². The SMILES string of the molecule is CCC(=O)N1CCC(C)C(NCc2ncnc3[nH]cc(F)c23)C1. The number of aromatic nitrogens is 3. The molecule has 124 valence electrons. The van der Waals surface area contributed by atoms with Crippen molar-refractivity contribution in [3.05, 3.63) is 24.0 Å². The molecule has 0 radical (unpaired) electrons. The van der Waals surface area contributed by atoms with Gasteiger partial charge in [0, 0.05) is 38.3 Å². The number of halogens is 1. The number of nitrogens with zero attached hydrogens (tertiary/aromatic N) is 3. The van der Waals surface area contributed by atoms with Crippen LogP contribution in [0.2, 0.25) is 0 Å². The highest BCUT2D eigenvalue weighted by atomic mass is 19.1. The number of aromatic amines is 1. The Morgan fingerprint density at radius 1 is 1.52 bits per heavy atom. The Balaban J connectivity index is 1.71. The maximum Gasteiger partial charge on any atom is 0.222 e. The first-order chi connectivity index (χ1) is 11.1. The highest BCUT2D eigenvalue weighted by molar-refractivity contribution is 5.78. The van der Waals surface area contributed by atoms with Crippen LogP contribution in [0.4, 0.5) is 4.39 Å². The van der Waals surface area contributed by atoms with Gasteiger partial charge in [-0.25, -0.2) is 14.4 Å². The minimum absolute atomic E-state index is 0.185. The van der Waals surface area contributed by atoms with E-state index in [1.54, 1.807) is 0 Å². The van der Waals surface area contributed by atoms with Crippen molar-refractivity contribution in [1.29, 1.82) is 0 Å². The number of likely N-dealkylation sites (tertiary alicyclic amines) is 1. The predicted octanol–water partition coefficient (Wildman–Crippen LogP) is 1.83. The zero-order valence-corrected chi connectivity index (χ0v) is 13.5. The van der Waals surface area contributed by atoms with E-state index in [0.29, 0.717) is 42.2 Å². The van der Waals surface area contributed by atoms with Gasteiger partial charge < -0.3 is 15.2 Å². The summed E-state index contributed by atoms with van der Waals surface area (Å²) in [6, 6.07) is 0.186. The van der Waals surface area contributed by atoms with Gasteiger partial charge in [-0.1, -0.05) is 13.8 Å². The highest BCUT2D eigenvalue weighted by Crippen LogP contribution is 2.20. The van der Waals surface area contributed by atoms with Crippen molar-refractivity contribution in [2.45, 2.75) is 39.3 Å². The van der Waals surface area contributed by atoms with Gasteiger partial charge in [-0.2, -0.15) is 0 Å². The van der Waals surface area contributed by atoms with Crippen LogP contribution in [0.5, 0.6) is 0 Å². The van der Waals surface area contributed by atoms with Gasteiger partial charge in [-0.3, -0.25) is 4.79 Å². The van der Waals surface area contributed by atoms with Crippen molar-refractivity contribution in [3.63, 3.8) is 0 Å². The molecule has 1 aliphatic rings. The molecule has 1 saturated heterocycles. The molecule has 2 atom stereocenters. The normalized spacial score (nSPS) is 21.8. The van der Waals surface area contributed by atoms with E-state index in [0.717, 1.165) is 13.0 Å². The van der Waals surface area contributed by atoms with Gasteiger partial charge in [0.1, 0.15) is 12.0 Å². The third kappa shape index (κ3) is 3.19. The minimum Gasteiger partial charge on any atom is -0.343 e. The summed E-state index contributed by atoms with van der Waals surface area (Å²) in [4.78, 5) is 24.8. The summed E-state index contributed by atoms with van der Waals surface area (Å²) in [6.07, 6.45) is 4.24. The average molecular weight is 319 g/mol. The molecule has 23 heavy (non-hydrogen) atoms. The Labute approximate surface area is 134 Å². The molecule has 2 aromatic rings. The second-order valence-corrected chi connectivity index (χ2v) is 6.13. The molecule has 1 aliphatic heterocycles. The van der Waals surface area contributed by atoms with Crippen molar-refractivity contribution < 1.29 is 9.18 Å². The lowest BCUT2D eigenvalue weighted by Gasteiger charge is -2.37. The number of piperidine rings is 1. The molecular formula is C16H22FN5O. The zero-order chi connectivity index (χ0) is 16.4. The number of fused-ring (bicyclic) bond motifs is 1. The number of hydrogen-bond donors (Lipinski definition) is 2. The number of hydrogen-bond acceptors (Lipinski definition) is 4. The molecule has 3 heterocycles. The van der Waals surface area contributed by atoms with Crippen molar-refractivity contribution in [1.82, 2.24) is 25.2 Å². The standard InChI is InChI=1S/C16H22FN5O/c1-3-14(23)22-5-4-10(2)13(8-22)18-7-12-15-11(17)6-19-16(15)21-9-20-12/h6,9-10,13,18H,3-5,7-8H2,1-2H3,(H,19,20,21). The molecule has 1 amide bonds. The Morgan fingerprint density at radius 3 is 3.13 bits per heavy atom. The summed E-state index contributed by atoms with van der Waals surface area (Å²) in [5.74, 6) is 0.311. The highest BCUT2D eigenvalue weighted by Gasteiger charge is 2.28. The summed E-state index contributed by atoms with van der Waals surface area (Å²) in [5.41, 5.74) is 1.15. The van der Waals surface area contributed by atoms with Gasteiger partial charge >= 0.3 is 0 Å². The molecule has 7 heteroatoms. The fraction of sp³-hybridized carbons (Fsp3) is 0.562. The lowest BCUT2D eigenvalue weighted by Crippen LogP contribution is -2.51. The van der Waals surface area contributed by atoms with Crippen LogP contribution in [0.3, 0.4) is 0 Å². The third-order valence-electron chi connectivity index (χ3n) is 4.65. The lowest BCUT2D eigenvalue weighted by atomic mass is 9.93. The van der Waals surface area contributed by atoms with Gasteiger partial charge in [0.25, 0.3) is 0 Å². The fourth-order valence-corrected chi connectivity index (χ4v) is 3.13. The first kappa shape index (κ1) is 15.9. The van der Waals surface area contributed by atoms with Gasteiger partial charge in [0.15, 0.2) is 5.82 Å². The summed E-state index contributed by atoms with van der Waals surface area (Å²) in [7, 11) is 0. The van der Waals surface area contributed by atoms with Crippen molar-refractivity contribution in [3.8, 4) is 0 Å². The van der Waals surface area contributed by atoms with Crippen LogP contribution in [0.1, 0.15) is 32.4 Å². The molecule has 6 nitrogen and oxygen atoms in total. The summed E-state index contributed by atoms with van der Waals surface area (Å²) in [6.45, 7) is 6.03. The van der Waals surface area contributed by atoms with Crippen molar-refractivity contribution in [2.24, 2.45) is 5.92 Å². The van der Waals surface area contributed by atoms with E-state index < -0.39 is 0 Å². The Morgan fingerprint density at radius 2 is 2.35 bits per heavy atom. The third-order valence-corrected chi connectivity index (χ3v) is 4.65. The first-order valence-corrected chi connectivity index (χ1v) is 8.07. The molecule has 0 aromatic carbocycles. The molecule has 1 fully saturated rings.